The fourth-order valence-corrected chi connectivity index (χ4v) is 3.74. The summed E-state index contributed by atoms with van der Waals surface area (Å²) in [5.41, 5.74) is 1.80. The second kappa shape index (κ2) is 8.43. The summed E-state index contributed by atoms with van der Waals surface area (Å²) >= 11 is 0. The zero-order valence-electron chi connectivity index (χ0n) is 16.0. The number of pyridine rings is 1. The topological polar surface area (TPSA) is 75.5 Å². The van der Waals surface area contributed by atoms with Crippen molar-refractivity contribution in [3.63, 3.8) is 0 Å². The van der Waals surface area contributed by atoms with Crippen molar-refractivity contribution in [1.82, 2.24) is 20.0 Å². The van der Waals surface area contributed by atoms with Gasteiger partial charge in [0.15, 0.2) is 5.69 Å². The standard InChI is InChI=1S/C22H23FN4O2/c23-16-10-8-15(9-11-16)12-13-24-22(29)20-26-19(18-7-3-4-14-27(18)20)21(28)25-17-5-1-2-6-17/h3-4,7-11,14,17H,1-2,5-6,12-13H2,(H,24,29)(H,25,28). The van der Waals surface area contributed by atoms with Gasteiger partial charge in [-0.15, -0.1) is 0 Å². The van der Waals surface area contributed by atoms with Gasteiger partial charge in [0.25, 0.3) is 11.8 Å². The van der Waals surface area contributed by atoms with E-state index in [9.17, 15) is 14.0 Å². The first kappa shape index (κ1) is 19.1. The summed E-state index contributed by atoms with van der Waals surface area (Å²) in [5.74, 6) is -0.708. The Morgan fingerprint density at radius 3 is 2.59 bits per heavy atom. The normalized spacial score (nSPS) is 14.2. The van der Waals surface area contributed by atoms with Crippen LogP contribution in [0.15, 0.2) is 48.7 Å². The van der Waals surface area contributed by atoms with E-state index >= 15 is 0 Å². The number of aromatic nitrogens is 2. The van der Waals surface area contributed by atoms with Crippen molar-refractivity contribution in [3.05, 3.63) is 71.6 Å². The van der Waals surface area contributed by atoms with Crippen molar-refractivity contribution >= 4 is 17.3 Å². The first-order valence-corrected chi connectivity index (χ1v) is 9.92. The summed E-state index contributed by atoms with van der Waals surface area (Å²) in [7, 11) is 0. The van der Waals surface area contributed by atoms with E-state index in [1.165, 1.54) is 12.1 Å². The van der Waals surface area contributed by atoms with E-state index in [1.54, 1.807) is 34.9 Å². The van der Waals surface area contributed by atoms with Crippen LogP contribution in [-0.2, 0) is 6.42 Å². The zero-order chi connectivity index (χ0) is 20.2. The van der Waals surface area contributed by atoms with Crippen LogP contribution in [0, 0.1) is 5.82 Å². The minimum Gasteiger partial charge on any atom is -0.349 e. The molecule has 0 saturated heterocycles. The molecule has 150 valence electrons. The number of rotatable bonds is 6. The van der Waals surface area contributed by atoms with Crippen molar-refractivity contribution in [1.29, 1.82) is 0 Å². The van der Waals surface area contributed by atoms with Crippen LogP contribution in [0.4, 0.5) is 4.39 Å². The maximum Gasteiger partial charge on any atom is 0.287 e. The molecule has 0 bridgehead atoms. The molecule has 29 heavy (non-hydrogen) atoms. The van der Waals surface area contributed by atoms with Crippen LogP contribution in [0.2, 0.25) is 0 Å². The number of hydrogen-bond acceptors (Lipinski definition) is 3. The molecule has 1 aliphatic carbocycles. The first-order valence-electron chi connectivity index (χ1n) is 9.92. The van der Waals surface area contributed by atoms with Crippen LogP contribution >= 0.6 is 0 Å². The number of nitrogens with one attached hydrogen (secondary N) is 2. The molecule has 0 aliphatic heterocycles. The maximum atomic E-state index is 13.0. The van der Waals surface area contributed by atoms with Crippen molar-refractivity contribution < 1.29 is 14.0 Å². The lowest BCUT2D eigenvalue weighted by atomic mass is 10.1. The van der Waals surface area contributed by atoms with Gasteiger partial charge in [-0.1, -0.05) is 31.0 Å². The number of imidazole rings is 1. The Bertz CT molecular complexity index is 1020. The Labute approximate surface area is 168 Å². The monoisotopic (exact) mass is 394 g/mol. The fourth-order valence-electron chi connectivity index (χ4n) is 3.74. The van der Waals surface area contributed by atoms with Gasteiger partial charge in [-0.05, 0) is 49.1 Å². The number of carbonyl (C=O) groups is 2. The minimum absolute atomic E-state index is 0.177. The Balaban J connectivity index is 1.48. The second-order valence-electron chi connectivity index (χ2n) is 7.33. The zero-order valence-corrected chi connectivity index (χ0v) is 16.0. The summed E-state index contributed by atoms with van der Waals surface area (Å²) in [6, 6.07) is 11.8. The van der Waals surface area contributed by atoms with E-state index in [-0.39, 0.29) is 35.2 Å². The average Bonchev–Trinajstić information content (AvgIpc) is 3.37. The third-order valence-corrected chi connectivity index (χ3v) is 5.27. The second-order valence-corrected chi connectivity index (χ2v) is 7.33. The molecule has 2 aromatic heterocycles. The van der Waals surface area contributed by atoms with Gasteiger partial charge in [0.2, 0.25) is 5.82 Å². The highest BCUT2D eigenvalue weighted by molar-refractivity contribution is 6.02. The molecular formula is C22H23FN4O2. The molecule has 0 spiro atoms. The van der Waals surface area contributed by atoms with E-state index < -0.39 is 0 Å². The van der Waals surface area contributed by atoms with Crippen molar-refractivity contribution in [3.8, 4) is 0 Å². The van der Waals surface area contributed by atoms with Gasteiger partial charge in [0.05, 0.1) is 5.52 Å². The molecule has 2 amide bonds. The molecule has 0 radical (unpaired) electrons. The van der Waals surface area contributed by atoms with Gasteiger partial charge in [0, 0.05) is 18.8 Å². The number of fused-ring (bicyclic) bond motifs is 1. The lowest BCUT2D eigenvalue weighted by Crippen LogP contribution is -2.33. The SMILES string of the molecule is O=C(NC1CCCC1)c1nc(C(=O)NCCc2ccc(F)cc2)n2ccccc12. The van der Waals surface area contributed by atoms with Crippen LogP contribution in [0.1, 0.15) is 52.4 Å². The van der Waals surface area contributed by atoms with Gasteiger partial charge in [0.1, 0.15) is 5.82 Å². The molecule has 6 nitrogen and oxygen atoms in total. The summed E-state index contributed by atoms with van der Waals surface area (Å²) < 4.78 is 14.6. The summed E-state index contributed by atoms with van der Waals surface area (Å²) in [6.07, 6.45) is 6.50. The number of nitrogens with zero attached hydrogens (tertiary/aromatic N) is 2. The molecule has 0 atom stereocenters. The number of amides is 2. The molecule has 1 fully saturated rings. The van der Waals surface area contributed by atoms with Crippen LogP contribution < -0.4 is 10.6 Å². The predicted molar refractivity (Wildman–Crippen MR) is 107 cm³/mol. The van der Waals surface area contributed by atoms with Gasteiger partial charge < -0.3 is 10.6 Å². The molecular weight excluding hydrogens is 371 g/mol. The number of carbonyl (C=O) groups excluding carboxylic acids is 2. The van der Waals surface area contributed by atoms with Gasteiger partial charge in [-0.2, -0.15) is 0 Å². The summed E-state index contributed by atoms with van der Waals surface area (Å²) in [4.78, 5) is 29.8. The lowest BCUT2D eigenvalue weighted by molar-refractivity contribution is 0.0935. The van der Waals surface area contributed by atoms with E-state index in [1.807, 2.05) is 6.07 Å². The number of benzene rings is 1. The van der Waals surface area contributed by atoms with Gasteiger partial charge in [-0.3, -0.25) is 14.0 Å². The largest absolute Gasteiger partial charge is 0.349 e. The Hall–Kier alpha value is -3.22. The van der Waals surface area contributed by atoms with Crippen molar-refractivity contribution in [2.45, 2.75) is 38.1 Å². The highest BCUT2D eigenvalue weighted by Crippen LogP contribution is 2.19. The quantitative estimate of drug-likeness (QED) is 0.675. The smallest absolute Gasteiger partial charge is 0.287 e. The molecule has 7 heteroatoms. The minimum atomic E-state index is -0.353. The highest BCUT2D eigenvalue weighted by atomic mass is 19.1. The highest BCUT2D eigenvalue weighted by Gasteiger charge is 2.24. The third-order valence-electron chi connectivity index (χ3n) is 5.27. The fraction of sp³-hybridized carbons (Fsp3) is 0.318. The predicted octanol–water partition coefficient (Wildman–Crippen LogP) is 3.12. The Kier molecular flexibility index (Phi) is 5.55. The van der Waals surface area contributed by atoms with Crippen LogP contribution in [0.3, 0.4) is 0 Å². The van der Waals surface area contributed by atoms with Crippen molar-refractivity contribution in [2.24, 2.45) is 0 Å². The summed E-state index contributed by atoms with van der Waals surface area (Å²) in [6.45, 7) is 0.385. The van der Waals surface area contributed by atoms with Gasteiger partial charge >= 0.3 is 0 Å². The molecule has 1 saturated carbocycles. The van der Waals surface area contributed by atoms with Gasteiger partial charge in [-0.25, -0.2) is 9.37 Å². The molecule has 1 aliphatic rings. The summed E-state index contributed by atoms with van der Waals surface area (Å²) in [5, 5.41) is 5.86. The Morgan fingerprint density at radius 2 is 1.83 bits per heavy atom. The van der Waals surface area contributed by atoms with E-state index in [0.717, 1.165) is 31.2 Å². The molecule has 1 aromatic carbocycles. The van der Waals surface area contributed by atoms with Crippen LogP contribution in [-0.4, -0.2) is 33.8 Å². The van der Waals surface area contributed by atoms with E-state index in [0.29, 0.717) is 18.5 Å². The molecule has 4 rings (SSSR count). The van der Waals surface area contributed by atoms with Crippen LogP contribution in [0.5, 0.6) is 0 Å². The first-order chi connectivity index (χ1) is 14.1. The molecule has 2 heterocycles. The molecule has 2 N–H and O–H groups in total. The molecule has 0 unspecified atom stereocenters. The van der Waals surface area contributed by atoms with Crippen LogP contribution in [0.25, 0.3) is 5.52 Å². The maximum absolute atomic E-state index is 13.0. The van der Waals surface area contributed by atoms with E-state index in [2.05, 4.69) is 15.6 Å². The lowest BCUT2D eigenvalue weighted by Gasteiger charge is -2.10. The molecule has 3 aromatic rings. The van der Waals surface area contributed by atoms with E-state index in [4.69, 9.17) is 0 Å². The number of hydrogen-bond donors (Lipinski definition) is 2. The number of halogens is 1. The third kappa shape index (κ3) is 4.29. The van der Waals surface area contributed by atoms with Crippen molar-refractivity contribution in [2.75, 3.05) is 6.54 Å². The average molecular weight is 394 g/mol. The Morgan fingerprint density at radius 1 is 1.07 bits per heavy atom.